The number of nitrogens with one attached hydrogen (secondary N) is 2. The molecule has 1 aromatic carbocycles. The van der Waals surface area contributed by atoms with E-state index in [0.29, 0.717) is 57.1 Å². The Balaban J connectivity index is 1.59. The first-order valence-electron chi connectivity index (χ1n) is 9.44. The molecule has 160 valence electrons. The van der Waals surface area contributed by atoms with Crippen molar-refractivity contribution in [3.63, 3.8) is 0 Å². The molecule has 0 spiro atoms. The molecule has 4 rings (SSSR count). The molecule has 0 aliphatic rings. The van der Waals surface area contributed by atoms with Gasteiger partial charge in [0.05, 0.1) is 22.5 Å². The molecule has 3 aromatic heterocycles. The van der Waals surface area contributed by atoms with E-state index >= 15 is 0 Å². The Bertz CT molecular complexity index is 1340. The van der Waals surface area contributed by atoms with Crippen molar-refractivity contribution in [1.82, 2.24) is 19.6 Å². The number of hydrogen-bond donors (Lipinski definition) is 3. The quantitative estimate of drug-likeness (QED) is 0.354. The lowest BCUT2D eigenvalue weighted by Gasteiger charge is -2.12. The summed E-state index contributed by atoms with van der Waals surface area (Å²) in [5.41, 5.74) is 7.80. The van der Waals surface area contributed by atoms with Gasteiger partial charge in [-0.25, -0.2) is 14.5 Å². The van der Waals surface area contributed by atoms with Crippen molar-refractivity contribution in [1.29, 1.82) is 5.26 Å². The molecular formula is C21H16Cl2N8O. The van der Waals surface area contributed by atoms with Gasteiger partial charge in [0.1, 0.15) is 17.4 Å². The summed E-state index contributed by atoms with van der Waals surface area (Å²) in [5, 5.41) is 20.4. The highest BCUT2D eigenvalue weighted by atomic mass is 35.5. The minimum absolute atomic E-state index is 0.120. The number of benzene rings is 1. The number of nitriles is 1. The van der Waals surface area contributed by atoms with Crippen molar-refractivity contribution in [3.8, 4) is 17.3 Å². The molecule has 0 saturated heterocycles. The second-order valence-electron chi connectivity index (χ2n) is 6.72. The minimum atomic E-state index is -0.640. The van der Waals surface area contributed by atoms with E-state index in [1.54, 1.807) is 42.6 Å². The lowest BCUT2D eigenvalue weighted by molar-refractivity contribution is 0.0995. The van der Waals surface area contributed by atoms with Gasteiger partial charge in [0.25, 0.3) is 5.91 Å². The zero-order valence-corrected chi connectivity index (χ0v) is 18.0. The Morgan fingerprint density at radius 1 is 1.16 bits per heavy atom. The Morgan fingerprint density at radius 2 is 1.97 bits per heavy atom. The monoisotopic (exact) mass is 466 g/mol. The van der Waals surface area contributed by atoms with E-state index < -0.39 is 5.91 Å². The number of carbonyl (C=O) groups is 1. The SMILES string of the molecule is N#Cc1ccc(NCCNc2nc(-c3ccc(Cl)cc3Cl)cn3nc(C(N)=O)cc23)nc1. The van der Waals surface area contributed by atoms with Crippen LogP contribution in [0.2, 0.25) is 10.0 Å². The molecule has 0 aliphatic heterocycles. The van der Waals surface area contributed by atoms with E-state index in [-0.39, 0.29) is 5.69 Å². The van der Waals surface area contributed by atoms with Gasteiger partial charge in [-0.2, -0.15) is 10.4 Å². The smallest absolute Gasteiger partial charge is 0.269 e. The normalized spacial score (nSPS) is 10.7. The number of pyridine rings is 1. The zero-order valence-electron chi connectivity index (χ0n) is 16.5. The number of nitrogens with zero attached hydrogens (tertiary/aromatic N) is 5. The first-order chi connectivity index (χ1) is 15.4. The van der Waals surface area contributed by atoms with Crippen molar-refractivity contribution in [2.45, 2.75) is 0 Å². The number of nitrogens with two attached hydrogens (primary N) is 1. The largest absolute Gasteiger partial charge is 0.368 e. The summed E-state index contributed by atoms with van der Waals surface area (Å²) in [6.45, 7) is 1.01. The highest BCUT2D eigenvalue weighted by Gasteiger charge is 2.15. The van der Waals surface area contributed by atoms with Crippen LogP contribution in [0.3, 0.4) is 0 Å². The fourth-order valence-electron chi connectivity index (χ4n) is 3.01. The number of halogens is 2. The maximum atomic E-state index is 11.6. The second kappa shape index (κ2) is 9.09. The van der Waals surface area contributed by atoms with Crippen LogP contribution in [0, 0.1) is 11.3 Å². The number of amides is 1. The maximum Gasteiger partial charge on any atom is 0.269 e. The van der Waals surface area contributed by atoms with Crippen LogP contribution in [0.5, 0.6) is 0 Å². The van der Waals surface area contributed by atoms with Crippen LogP contribution >= 0.6 is 23.2 Å². The van der Waals surface area contributed by atoms with Crippen LogP contribution in [-0.2, 0) is 0 Å². The topological polar surface area (TPSA) is 134 Å². The molecule has 32 heavy (non-hydrogen) atoms. The fraction of sp³-hybridized carbons (Fsp3) is 0.0952. The van der Waals surface area contributed by atoms with E-state index in [1.807, 2.05) is 6.07 Å². The first kappa shape index (κ1) is 21.4. The molecule has 0 radical (unpaired) electrons. The average Bonchev–Trinajstić information content (AvgIpc) is 3.22. The molecule has 0 saturated carbocycles. The van der Waals surface area contributed by atoms with Crippen LogP contribution < -0.4 is 16.4 Å². The summed E-state index contributed by atoms with van der Waals surface area (Å²) in [7, 11) is 0. The lowest BCUT2D eigenvalue weighted by atomic mass is 10.1. The summed E-state index contributed by atoms with van der Waals surface area (Å²) in [4.78, 5) is 20.5. The number of aromatic nitrogens is 4. The molecule has 11 heteroatoms. The molecular weight excluding hydrogens is 451 g/mol. The number of carbonyl (C=O) groups excluding carboxylic acids is 1. The lowest BCUT2D eigenvalue weighted by Crippen LogP contribution is -2.15. The molecule has 4 N–H and O–H groups in total. The molecule has 4 aromatic rings. The summed E-state index contributed by atoms with van der Waals surface area (Å²) in [6.07, 6.45) is 3.17. The maximum absolute atomic E-state index is 11.6. The van der Waals surface area contributed by atoms with Gasteiger partial charge in [0.2, 0.25) is 0 Å². The second-order valence-corrected chi connectivity index (χ2v) is 7.56. The van der Waals surface area contributed by atoms with Crippen LogP contribution in [0.25, 0.3) is 16.8 Å². The Labute approximate surface area is 192 Å². The van der Waals surface area contributed by atoms with Crippen LogP contribution in [-0.4, -0.2) is 38.6 Å². The number of hydrogen-bond acceptors (Lipinski definition) is 7. The predicted octanol–water partition coefficient (Wildman–Crippen LogP) is 3.59. The van der Waals surface area contributed by atoms with Gasteiger partial charge in [0.15, 0.2) is 11.5 Å². The van der Waals surface area contributed by atoms with Gasteiger partial charge in [-0.1, -0.05) is 23.2 Å². The number of anilines is 2. The zero-order chi connectivity index (χ0) is 22.7. The van der Waals surface area contributed by atoms with E-state index in [9.17, 15) is 4.79 Å². The molecule has 0 unspecified atom stereocenters. The highest BCUT2D eigenvalue weighted by Crippen LogP contribution is 2.31. The van der Waals surface area contributed by atoms with E-state index in [1.165, 1.54) is 10.7 Å². The number of primary amides is 1. The number of fused-ring (bicyclic) bond motifs is 1. The highest BCUT2D eigenvalue weighted by molar-refractivity contribution is 6.36. The molecule has 9 nitrogen and oxygen atoms in total. The van der Waals surface area contributed by atoms with Crippen molar-refractivity contribution in [3.05, 3.63) is 70.1 Å². The van der Waals surface area contributed by atoms with Crippen molar-refractivity contribution in [2.24, 2.45) is 5.73 Å². The minimum Gasteiger partial charge on any atom is -0.368 e. The molecule has 0 fully saturated rings. The Morgan fingerprint density at radius 3 is 2.66 bits per heavy atom. The third kappa shape index (κ3) is 4.56. The summed E-state index contributed by atoms with van der Waals surface area (Å²) >= 11 is 12.4. The molecule has 0 atom stereocenters. The van der Waals surface area contributed by atoms with E-state index in [0.717, 1.165) is 0 Å². The van der Waals surface area contributed by atoms with E-state index in [4.69, 9.17) is 34.2 Å². The van der Waals surface area contributed by atoms with Crippen molar-refractivity contribution in [2.75, 3.05) is 23.7 Å². The Kier molecular flexibility index (Phi) is 6.07. The van der Waals surface area contributed by atoms with Gasteiger partial charge in [-0.15, -0.1) is 0 Å². The average molecular weight is 467 g/mol. The third-order valence-corrected chi connectivity index (χ3v) is 5.08. The fourth-order valence-corrected chi connectivity index (χ4v) is 3.51. The summed E-state index contributed by atoms with van der Waals surface area (Å²) in [5.74, 6) is 0.508. The molecule has 3 heterocycles. The summed E-state index contributed by atoms with van der Waals surface area (Å²) in [6, 6.07) is 12.1. The molecule has 0 bridgehead atoms. The van der Waals surface area contributed by atoms with Crippen LogP contribution in [0.1, 0.15) is 16.1 Å². The van der Waals surface area contributed by atoms with Gasteiger partial charge >= 0.3 is 0 Å². The van der Waals surface area contributed by atoms with Gasteiger partial charge in [-0.05, 0) is 30.3 Å². The first-order valence-corrected chi connectivity index (χ1v) is 10.2. The molecule has 1 amide bonds. The molecule has 0 aliphatic carbocycles. The predicted molar refractivity (Wildman–Crippen MR) is 123 cm³/mol. The Hall–Kier alpha value is -3.87. The standard InChI is InChI=1S/C21H16Cl2N8O/c22-13-2-3-14(15(23)7-13)17-11-31-18(8-16(30-31)20(25)32)21(29-17)27-6-5-26-19-4-1-12(9-24)10-28-19/h1-4,7-8,10-11H,5-6H2,(H2,25,32)(H,26,28)(H,27,29). The third-order valence-electron chi connectivity index (χ3n) is 4.53. The van der Waals surface area contributed by atoms with E-state index in [2.05, 4.69) is 25.7 Å². The van der Waals surface area contributed by atoms with Gasteiger partial charge in [-0.3, -0.25) is 4.79 Å². The van der Waals surface area contributed by atoms with Crippen LogP contribution in [0.15, 0.2) is 48.8 Å². The van der Waals surface area contributed by atoms with Gasteiger partial charge in [0, 0.05) is 35.9 Å². The van der Waals surface area contributed by atoms with Crippen molar-refractivity contribution < 1.29 is 4.79 Å². The number of rotatable bonds is 7. The van der Waals surface area contributed by atoms with Crippen LogP contribution in [0.4, 0.5) is 11.6 Å². The van der Waals surface area contributed by atoms with Gasteiger partial charge < -0.3 is 16.4 Å². The summed E-state index contributed by atoms with van der Waals surface area (Å²) < 4.78 is 1.53. The van der Waals surface area contributed by atoms with Crippen molar-refractivity contribution >= 4 is 46.3 Å².